The van der Waals surface area contributed by atoms with Crippen LogP contribution in [0.15, 0.2) is 30.3 Å². The van der Waals surface area contributed by atoms with Gasteiger partial charge in [0.2, 0.25) is 0 Å². The molecule has 0 radical (unpaired) electrons. The van der Waals surface area contributed by atoms with E-state index < -0.39 is 0 Å². The summed E-state index contributed by atoms with van der Waals surface area (Å²) in [5.74, 6) is 0.753. The summed E-state index contributed by atoms with van der Waals surface area (Å²) < 4.78 is 24.2. The normalized spacial score (nSPS) is 10.3. The van der Waals surface area contributed by atoms with E-state index in [4.69, 9.17) is 21.1 Å². The molecule has 0 fully saturated rings. The monoisotopic (exact) mass is 309 g/mol. The van der Waals surface area contributed by atoms with Crippen LogP contribution < -0.4 is 14.8 Å². The maximum Gasteiger partial charge on any atom is 0.179 e. The molecule has 0 spiro atoms. The first-order valence-electron chi connectivity index (χ1n) is 6.46. The number of methoxy groups -OCH3 is 2. The lowest BCUT2D eigenvalue weighted by Gasteiger charge is -2.15. The van der Waals surface area contributed by atoms with Crippen molar-refractivity contribution in [1.29, 1.82) is 0 Å². The first-order chi connectivity index (χ1) is 10.1. The smallest absolute Gasteiger partial charge is 0.179 e. The van der Waals surface area contributed by atoms with Crippen LogP contribution >= 0.6 is 11.6 Å². The summed E-state index contributed by atoms with van der Waals surface area (Å²) in [4.78, 5) is 0. The van der Waals surface area contributed by atoms with Crippen LogP contribution in [-0.4, -0.2) is 14.2 Å². The number of para-hydroxylation sites is 1. The van der Waals surface area contributed by atoms with Crippen LogP contribution in [0.4, 0.5) is 10.1 Å². The van der Waals surface area contributed by atoms with Gasteiger partial charge in [0.05, 0.1) is 24.9 Å². The highest BCUT2D eigenvalue weighted by molar-refractivity contribution is 6.33. The van der Waals surface area contributed by atoms with Crippen molar-refractivity contribution in [2.75, 3.05) is 19.5 Å². The van der Waals surface area contributed by atoms with E-state index in [-0.39, 0.29) is 5.82 Å². The average Bonchev–Trinajstić information content (AvgIpc) is 2.47. The fourth-order valence-electron chi connectivity index (χ4n) is 2.11. The molecule has 5 heteroatoms. The lowest BCUT2D eigenvalue weighted by atomic mass is 10.1. The van der Waals surface area contributed by atoms with Gasteiger partial charge in [-0.2, -0.15) is 0 Å². The molecule has 0 amide bonds. The largest absolute Gasteiger partial charge is 0.493 e. The molecular formula is C16H17ClFNO2. The molecule has 0 aromatic heterocycles. The third kappa shape index (κ3) is 3.22. The van der Waals surface area contributed by atoms with Crippen molar-refractivity contribution in [3.63, 3.8) is 0 Å². The van der Waals surface area contributed by atoms with Gasteiger partial charge in [0, 0.05) is 6.54 Å². The van der Waals surface area contributed by atoms with E-state index in [0.717, 1.165) is 11.1 Å². The average molecular weight is 310 g/mol. The second kappa shape index (κ2) is 6.68. The van der Waals surface area contributed by atoms with Crippen LogP contribution in [0.5, 0.6) is 11.5 Å². The number of anilines is 1. The number of rotatable bonds is 5. The molecule has 1 N–H and O–H groups in total. The van der Waals surface area contributed by atoms with Crippen LogP contribution in [-0.2, 0) is 6.54 Å². The highest BCUT2D eigenvalue weighted by Gasteiger charge is 2.13. The Balaban J connectivity index is 2.25. The Bertz CT molecular complexity index is 626. The second-order valence-electron chi connectivity index (χ2n) is 4.56. The zero-order chi connectivity index (χ0) is 15.4. The highest BCUT2D eigenvalue weighted by Crippen LogP contribution is 2.37. The summed E-state index contributed by atoms with van der Waals surface area (Å²) in [5.41, 5.74) is 2.12. The van der Waals surface area contributed by atoms with Crippen molar-refractivity contribution in [1.82, 2.24) is 0 Å². The van der Waals surface area contributed by atoms with Crippen molar-refractivity contribution in [2.45, 2.75) is 13.5 Å². The molecule has 2 rings (SSSR count). The minimum Gasteiger partial charge on any atom is -0.493 e. The molecular weight excluding hydrogens is 293 g/mol. The molecule has 0 heterocycles. The van der Waals surface area contributed by atoms with Crippen molar-refractivity contribution in [3.8, 4) is 11.5 Å². The van der Waals surface area contributed by atoms with Gasteiger partial charge in [0.15, 0.2) is 11.5 Å². The van der Waals surface area contributed by atoms with Gasteiger partial charge >= 0.3 is 0 Å². The minimum atomic E-state index is -0.286. The van der Waals surface area contributed by atoms with Crippen LogP contribution in [0.2, 0.25) is 5.02 Å². The van der Waals surface area contributed by atoms with Crippen molar-refractivity contribution in [3.05, 3.63) is 52.3 Å². The molecule has 0 bridgehead atoms. The maximum atomic E-state index is 13.8. The van der Waals surface area contributed by atoms with Gasteiger partial charge in [-0.25, -0.2) is 4.39 Å². The molecule has 0 atom stereocenters. The molecule has 2 aromatic rings. The number of aryl methyl sites for hydroxylation is 1. The SMILES string of the molecule is COc1ccc(CNc2c(C)cccc2F)c(Cl)c1OC. The third-order valence-electron chi connectivity index (χ3n) is 3.24. The maximum absolute atomic E-state index is 13.8. The lowest BCUT2D eigenvalue weighted by Crippen LogP contribution is -2.05. The molecule has 21 heavy (non-hydrogen) atoms. The Morgan fingerprint density at radius 2 is 1.90 bits per heavy atom. The first kappa shape index (κ1) is 15.4. The number of ether oxygens (including phenoxy) is 2. The van der Waals surface area contributed by atoms with Gasteiger partial charge in [-0.3, -0.25) is 0 Å². The molecule has 0 aliphatic carbocycles. The van der Waals surface area contributed by atoms with Gasteiger partial charge in [0.25, 0.3) is 0 Å². The molecule has 0 saturated carbocycles. The summed E-state index contributed by atoms with van der Waals surface area (Å²) >= 11 is 6.30. The fourth-order valence-corrected chi connectivity index (χ4v) is 2.41. The van der Waals surface area contributed by atoms with Crippen LogP contribution in [0, 0.1) is 12.7 Å². The molecule has 112 valence electrons. The predicted octanol–water partition coefficient (Wildman–Crippen LogP) is 4.42. The summed E-state index contributed by atoms with van der Waals surface area (Å²) in [6, 6.07) is 8.55. The molecule has 2 aromatic carbocycles. The van der Waals surface area contributed by atoms with Gasteiger partial charge in [-0.05, 0) is 30.2 Å². The van der Waals surface area contributed by atoms with Gasteiger partial charge < -0.3 is 14.8 Å². The standard InChI is InChI=1S/C16H17ClFNO2/c1-10-5-4-6-12(18)15(10)19-9-11-7-8-13(20-2)16(21-3)14(11)17/h4-8,19H,9H2,1-3H3. The van der Waals surface area contributed by atoms with Crippen molar-refractivity contribution < 1.29 is 13.9 Å². The Morgan fingerprint density at radius 1 is 1.14 bits per heavy atom. The number of hydrogen-bond donors (Lipinski definition) is 1. The van der Waals surface area contributed by atoms with Crippen LogP contribution in [0.3, 0.4) is 0 Å². The Labute approximate surface area is 128 Å². The zero-order valence-corrected chi connectivity index (χ0v) is 12.9. The Morgan fingerprint density at radius 3 is 2.52 bits per heavy atom. The van der Waals surface area contributed by atoms with Crippen molar-refractivity contribution in [2.24, 2.45) is 0 Å². The molecule has 0 aliphatic rings. The van der Waals surface area contributed by atoms with Gasteiger partial charge in [0.1, 0.15) is 5.82 Å². The number of hydrogen-bond acceptors (Lipinski definition) is 3. The summed E-state index contributed by atoms with van der Waals surface area (Å²) in [6.45, 7) is 2.24. The van der Waals surface area contributed by atoms with Crippen LogP contribution in [0.25, 0.3) is 0 Å². The van der Waals surface area contributed by atoms with Gasteiger partial charge in [-0.15, -0.1) is 0 Å². The fraction of sp³-hybridized carbons (Fsp3) is 0.250. The molecule has 3 nitrogen and oxygen atoms in total. The lowest BCUT2D eigenvalue weighted by molar-refractivity contribution is 0.355. The molecule has 0 unspecified atom stereocenters. The predicted molar refractivity (Wildman–Crippen MR) is 83.0 cm³/mol. The van der Waals surface area contributed by atoms with E-state index >= 15 is 0 Å². The Hall–Kier alpha value is -1.94. The minimum absolute atomic E-state index is 0.286. The number of nitrogens with one attached hydrogen (secondary N) is 1. The van der Waals surface area contributed by atoms with E-state index in [1.807, 2.05) is 19.1 Å². The van der Waals surface area contributed by atoms with E-state index in [1.54, 1.807) is 19.2 Å². The topological polar surface area (TPSA) is 30.5 Å². The van der Waals surface area contributed by atoms with E-state index in [0.29, 0.717) is 28.8 Å². The van der Waals surface area contributed by atoms with E-state index in [1.165, 1.54) is 13.2 Å². The highest BCUT2D eigenvalue weighted by atomic mass is 35.5. The molecule has 0 saturated heterocycles. The number of benzene rings is 2. The van der Waals surface area contributed by atoms with E-state index in [9.17, 15) is 4.39 Å². The Kier molecular flexibility index (Phi) is 4.91. The quantitative estimate of drug-likeness (QED) is 0.887. The van der Waals surface area contributed by atoms with Crippen LogP contribution in [0.1, 0.15) is 11.1 Å². The summed E-state index contributed by atoms with van der Waals surface area (Å²) in [5, 5.41) is 3.53. The molecule has 0 aliphatic heterocycles. The van der Waals surface area contributed by atoms with Crippen molar-refractivity contribution >= 4 is 17.3 Å². The summed E-state index contributed by atoms with van der Waals surface area (Å²) in [7, 11) is 3.08. The zero-order valence-electron chi connectivity index (χ0n) is 12.2. The first-order valence-corrected chi connectivity index (χ1v) is 6.84. The van der Waals surface area contributed by atoms with Gasteiger partial charge in [-0.1, -0.05) is 29.8 Å². The number of halogens is 2. The summed E-state index contributed by atoms with van der Waals surface area (Å²) in [6.07, 6.45) is 0. The second-order valence-corrected chi connectivity index (χ2v) is 4.94. The third-order valence-corrected chi connectivity index (χ3v) is 3.66. The van der Waals surface area contributed by atoms with E-state index in [2.05, 4.69) is 5.32 Å².